The Morgan fingerprint density at radius 3 is 2.71 bits per heavy atom. The van der Waals surface area contributed by atoms with Crippen LogP contribution >= 0.6 is 11.6 Å². The average molecular weight is 302 g/mol. The Morgan fingerprint density at radius 2 is 2.05 bits per heavy atom. The van der Waals surface area contributed by atoms with Crippen LogP contribution in [0, 0.1) is 21.4 Å². The summed E-state index contributed by atoms with van der Waals surface area (Å²) in [7, 11) is 1.78. The van der Waals surface area contributed by atoms with E-state index in [-0.39, 0.29) is 12.2 Å². The summed E-state index contributed by atoms with van der Waals surface area (Å²) in [6.07, 6.45) is 0. The van der Waals surface area contributed by atoms with E-state index >= 15 is 0 Å². The lowest BCUT2D eigenvalue weighted by molar-refractivity contribution is -0.385. The first-order valence-corrected chi connectivity index (χ1v) is 6.54. The fraction of sp³-hybridized carbons (Fsp3) is 0.133. The van der Waals surface area contributed by atoms with Crippen LogP contribution in [-0.4, -0.2) is 12.0 Å². The maximum atomic E-state index is 11.1. The van der Waals surface area contributed by atoms with E-state index in [1.807, 2.05) is 6.07 Å². The first-order chi connectivity index (χ1) is 10.0. The predicted molar refractivity (Wildman–Crippen MR) is 81.4 cm³/mol. The standard InChI is InChI=1S/C15H12ClN3O2/c1-18(14-5-3-2-4-11(14)9-17)10-12-8-13(16)6-7-15(12)19(20)21/h2-8H,10H2,1H3. The zero-order chi connectivity index (χ0) is 15.4. The number of nitrogens with zero attached hydrogens (tertiary/aromatic N) is 3. The van der Waals surface area contributed by atoms with Crippen molar-refractivity contribution in [2.75, 3.05) is 11.9 Å². The number of hydrogen-bond donors (Lipinski definition) is 0. The number of hydrogen-bond acceptors (Lipinski definition) is 4. The number of benzene rings is 2. The SMILES string of the molecule is CN(Cc1cc(Cl)ccc1[N+](=O)[O-])c1ccccc1C#N. The Balaban J connectivity index is 2.36. The normalized spacial score (nSPS) is 9.95. The van der Waals surface area contributed by atoms with Crippen LogP contribution in [-0.2, 0) is 6.54 Å². The number of anilines is 1. The molecule has 0 bridgehead atoms. The minimum atomic E-state index is -0.435. The van der Waals surface area contributed by atoms with Crippen LogP contribution in [0.15, 0.2) is 42.5 Å². The first-order valence-electron chi connectivity index (χ1n) is 6.16. The van der Waals surface area contributed by atoms with Gasteiger partial charge in [-0.3, -0.25) is 10.1 Å². The largest absolute Gasteiger partial charge is 0.369 e. The molecular weight excluding hydrogens is 290 g/mol. The second-order valence-electron chi connectivity index (χ2n) is 4.52. The van der Waals surface area contributed by atoms with E-state index in [2.05, 4.69) is 6.07 Å². The number of para-hydroxylation sites is 1. The van der Waals surface area contributed by atoms with Gasteiger partial charge in [0.25, 0.3) is 5.69 Å². The van der Waals surface area contributed by atoms with Crippen molar-refractivity contribution in [1.29, 1.82) is 5.26 Å². The van der Waals surface area contributed by atoms with Gasteiger partial charge in [0.05, 0.1) is 21.7 Å². The Labute approximate surface area is 127 Å². The molecule has 106 valence electrons. The summed E-state index contributed by atoms with van der Waals surface area (Å²) in [6.45, 7) is 0.287. The van der Waals surface area contributed by atoms with Crippen LogP contribution in [0.4, 0.5) is 11.4 Å². The maximum Gasteiger partial charge on any atom is 0.274 e. The quantitative estimate of drug-likeness (QED) is 0.637. The molecule has 2 aromatic rings. The molecule has 0 heterocycles. The Morgan fingerprint density at radius 1 is 1.33 bits per heavy atom. The molecule has 0 saturated carbocycles. The predicted octanol–water partition coefficient (Wildman–Crippen LogP) is 3.76. The molecular formula is C15H12ClN3O2. The smallest absolute Gasteiger partial charge is 0.274 e. The van der Waals surface area contributed by atoms with Crippen LogP contribution in [0.3, 0.4) is 0 Å². The average Bonchev–Trinajstić information content (AvgIpc) is 2.46. The fourth-order valence-corrected chi connectivity index (χ4v) is 2.30. The Bertz CT molecular complexity index is 725. The van der Waals surface area contributed by atoms with Crippen molar-refractivity contribution in [3.63, 3.8) is 0 Å². The van der Waals surface area contributed by atoms with Gasteiger partial charge in [-0.15, -0.1) is 0 Å². The molecule has 0 fully saturated rings. The third-order valence-electron chi connectivity index (χ3n) is 3.08. The Hall–Kier alpha value is -2.58. The van der Waals surface area contributed by atoms with Crippen LogP contribution in [0.25, 0.3) is 0 Å². The van der Waals surface area contributed by atoms with E-state index in [1.54, 1.807) is 36.2 Å². The van der Waals surface area contributed by atoms with Gasteiger partial charge in [-0.1, -0.05) is 23.7 Å². The van der Waals surface area contributed by atoms with Gasteiger partial charge < -0.3 is 4.90 Å². The third kappa shape index (κ3) is 3.30. The summed E-state index contributed by atoms with van der Waals surface area (Å²) in [6, 6.07) is 13.7. The minimum absolute atomic E-state index is 0.0145. The highest BCUT2D eigenvalue weighted by Crippen LogP contribution is 2.26. The van der Waals surface area contributed by atoms with Crippen LogP contribution < -0.4 is 4.90 Å². The van der Waals surface area contributed by atoms with E-state index in [1.165, 1.54) is 12.1 Å². The topological polar surface area (TPSA) is 70.2 Å². The fourth-order valence-electron chi connectivity index (χ4n) is 2.10. The molecule has 0 radical (unpaired) electrons. The second-order valence-corrected chi connectivity index (χ2v) is 4.95. The summed E-state index contributed by atoms with van der Waals surface area (Å²) in [5.41, 5.74) is 1.75. The summed E-state index contributed by atoms with van der Waals surface area (Å²) in [4.78, 5) is 12.4. The molecule has 0 aliphatic carbocycles. The zero-order valence-corrected chi connectivity index (χ0v) is 12.0. The van der Waals surface area contributed by atoms with Crippen molar-refractivity contribution >= 4 is 23.0 Å². The van der Waals surface area contributed by atoms with Gasteiger partial charge >= 0.3 is 0 Å². The molecule has 2 rings (SSSR count). The molecule has 0 atom stereocenters. The van der Waals surface area contributed by atoms with Gasteiger partial charge in [0, 0.05) is 24.7 Å². The number of rotatable bonds is 4. The number of halogens is 1. The molecule has 0 saturated heterocycles. The first kappa shape index (κ1) is 14.8. The van der Waals surface area contributed by atoms with Crippen LogP contribution in [0.2, 0.25) is 5.02 Å². The van der Waals surface area contributed by atoms with Crippen molar-refractivity contribution in [2.24, 2.45) is 0 Å². The lowest BCUT2D eigenvalue weighted by Gasteiger charge is -2.20. The van der Waals surface area contributed by atoms with E-state index in [9.17, 15) is 10.1 Å². The van der Waals surface area contributed by atoms with E-state index in [4.69, 9.17) is 16.9 Å². The molecule has 0 aliphatic heterocycles. The molecule has 0 spiro atoms. The summed E-state index contributed by atoms with van der Waals surface area (Å²) in [5, 5.41) is 20.6. The Kier molecular flexibility index (Phi) is 4.41. The lowest BCUT2D eigenvalue weighted by Crippen LogP contribution is -2.18. The summed E-state index contributed by atoms with van der Waals surface area (Å²) >= 11 is 5.92. The molecule has 5 nitrogen and oxygen atoms in total. The van der Waals surface area contributed by atoms with Gasteiger partial charge in [0.2, 0.25) is 0 Å². The highest BCUT2D eigenvalue weighted by Gasteiger charge is 2.16. The van der Waals surface area contributed by atoms with E-state index in [0.717, 1.165) is 0 Å². The number of nitro benzene ring substituents is 1. The van der Waals surface area contributed by atoms with Crippen molar-refractivity contribution < 1.29 is 4.92 Å². The highest BCUT2D eigenvalue weighted by atomic mass is 35.5. The zero-order valence-electron chi connectivity index (χ0n) is 11.3. The highest BCUT2D eigenvalue weighted by molar-refractivity contribution is 6.30. The summed E-state index contributed by atoms with van der Waals surface area (Å²) in [5.74, 6) is 0. The lowest BCUT2D eigenvalue weighted by atomic mass is 10.1. The van der Waals surface area contributed by atoms with Gasteiger partial charge in [0.1, 0.15) is 6.07 Å². The second kappa shape index (κ2) is 6.25. The molecule has 0 amide bonds. The maximum absolute atomic E-state index is 11.1. The van der Waals surface area contributed by atoms with Crippen molar-refractivity contribution in [3.05, 3.63) is 68.7 Å². The van der Waals surface area contributed by atoms with Gasteiger partial charge in [0.15, 0.2) is 0 Å². The minimum Gasteiger partial charge on any atom is -0.369 e. The number of nitriles is 1. The van der Waals surface area contributed by atoms with Gasteiger partial charge in [-0.05, 0) is 24.3 Å². The van der Waals surface area contributed by atoms with Crippen LogP contribution in [0.5, 0.6) is 0 Å². The number of nitro groups is 1. The molecule has 0 aliphatic rings. The molecule has 21 heavy (non-hydrogen) atoms. The van der Waals surface area contributed by atoms with E-state index in [0.29, 0.717) is 21.8 Å². The van der Waals surface area contributed by atoms with E-state index < -0.39 is 4.92 Å². The molecule has 2 aromatic carbocycles. The molecule has 0 unspecified atom stereocenters. The van der Waals surface area contributed by atoms with Gasteiger partial charge in [-0.2, -0.15) is 5.26 Å². The van der Waals surface area contributed by atoms with Gasteiger partial charge in [-0.25, -0.2) is 0 Å². The molecule has 0 aromatic heterocycles. The van der Waals surface area contributed by atoms with Crippen molar-refractivity contribution in [1.82, 2.24) is 0 Å². The molecule has 6 heteroatoms. The molecule has 0 N–H and O–H groups in total. The van der Waals surface area contributed by atoms with Crippen molar-refractivity contribution in [3.8, 4) is 6.07 Å². The third-order valence-corrected chi connectivity index (χ3v) is 3.32. The monoisotopic (exact) mass is 301 g/mol. The van der Waals surface area contributed by atoms with Crippen molar-refractivity contribution in [2.45, 2.75) is 6.54 Å². The van der Waals surface area contributed by atoms with Crippen LogP contribution in [0.1, 0.15) is 11.1 Å². The summed E-state index contributed by atoms with van der Waals surface area (Å²) < 4.78 is 0.